The van der Waals surface area contributed by atoms with Crippen molar-refractivity contribution in [2.24, 2.45) is 0 Å². The first kappa shape index (κ1) is 20.8. The van der Waals surface area contributed by atoms with Crippen molar-refractivity contribution >= 4 is 28.9 Å². The summed E-state index contributed by atoms with van der Waals surface area (Å²) in [6.45, 7) is 9.66. The van der Waals surface area contributed by atoms with E-state index in [0.717, 1.165) is 38.2 Å². The lowest BCUT2D eigenvalue weighted by molar-refractivity contribution is 0.0982. The van der Waals surface area contributed by atoms with Crippen LogP contribution in [0.3, 0.4) is 0 Å². The minimum Gasteiger partial charge on any atom is -0.297 e. The highest BCUT2D eigenvalue weighted by Crippen LogP contribution is 2.15. The number of fused-ring (bicyclic) bond motifs is 3. The first-order chi connectivity index (χ1) is 15.7. The van der Waals surface area contributed by atoms with Gasteiger partial charge in [0.15, 0.2) is 0 Å². The number of benzene rings is 2. The highest BCUT2D eigenvalue weighted by molar-refractivity contribution is 7.71. The molecule has 2 aromatic carbocycles. The molecular formula is C24H26N6OS. The lowest BCUT2D eigenvalue weighted by Gasteiger charge is -2.34. The maximum atomic E-state index is 13.0. The van der Waals surface area contributed by atoms with Crippen molar-refractivity contribution in [1.82, 2.24) is 28.5 Å². The molecule has 0 aliphatic carbocycles. The van der Waals surface area contributed by atoms with Gasteiger partial charge in [-0.3, -0.25) is 23.6 Å². The molecule has 4 aromatic rings. The first-order valence-electron chi connectivity index (χ1n) is 10.9. The second-order valence-corrected chi connectivity index (χ2v) is 8.53. The summed E-state index contributed by atoms with van der Waals surface area (Å²) in [6.07, 6.45) is 1.71. The Bertz CT molecular complexity index is 1380. The molecule has 3 heterocycles. The van der Waals surface area contributed by atoms with Gasteiger partial charge in [0.2, 0.25) is 10.5 Å². The predicted octanol–water partition coefficient (Wildman–Crippen LogP) is 3.14. The summed E-state index contributed by atoms with van der Waals surface area (Å²) in [5.41, 5.74) is 2.06. The number of piperazine rings is 1. The summed E-state index contributed by atoms with van der Waals surface area (Å²) in [5.74, 6) is 0.557. The maximum absolute atomic E-state index is 13.0. The number of hydrogen-bond donors (Lipinski definition) is 0. The zero-order valence-electron chi connectivity index (χ0n) is 17.9. The summed E-state index contributed by atoms with van der Waals surface area (Å²) in [6, 6.07) is 18.1. The van der Waals surface area contributed by atoms with Crippen molar-refractivity contribution in [3.8, 4) is 0 Å². The lowest BCUT2D eigenvalue weighted by Crippen LogP contribution is -2.46. The van der Waals surface area contributed by atoms with E-state index in [1.54, 1.807) is 10.6 Å². The summed E-state index contributed by atoms with van der Waals surface area (Å²) in [7, 11) is 0. The number of aromatic nitrogens is 4. The monoisotopic (exact) mass is 446 g/mol. The van der Waals surface area contributed by atoms with Crippen LogP contribution in [-0.4, -0.2) is 54.7 Å². The molecule has 7 nitrogen and oxygen atoms in total. The van der Waals surface area contributed by atoms with Gasteiger partial charge in [0.1, 0.15) is 0 Å². The number of rotatable bonds is 6. The van der Waals surface area contributed by atoms with Crippen LogP contribution in [0.2, 0.25) is 0 Å². The van der Waals surface area contributed by atoms with E-state index in [4.69, 9.17) is 17.3 Å². The van der Waals surface area contributed by atoms with E-state index >= 15 is 0 Å². The van der Waals surface area contributed by atoms with Gasteiger partial charge in [-0.1, -0.05) is 48.5 Å². The van der Waals surface area contributed by atoms with Crippen molar-refractivity contribution in [3.05, 3.63) is 87.9 Å². The smallest absolute Gasteiger partial charge is 0.263 e. The molecule has 1 aliphatic rings. The van der Waals surface area contributed by atoms with Gasteiger partial charge in [-0.25, -0.2) is 4.68 Å². The number of hydrogen-bond acceptors (Lipinski definition) is 5. The number of para-hydroxylation sites is 1. The zero-order chi connectivity index (χ0) is 22.1. The van der Waals surface area contributed by atoms with E-state index in [0.29, 0.717) is 29.1 Å². The van der Waals surface area contributed by atoms with E-state index in [1.807, 2.05) is 33.3 Å². The topological polar surface area (TPSA) is 50.7 Å². The predicted molar refractivity (Wildman–Crippen MR) is 129 cm³/mol. The molecule has 0 atom stereocenters. The number of allylic oxidation sites excluding steroid dienone is 1. The van der Waals surface area contributed by atoms with E-state index < -0.39 is 0 Å². The van der Waals surface area contributed by atoms with Crippen molar-refractivity contribution in [1.29, 1.82) is 0 Å². The molecule has 1 aliphatic heterocycles. The minimum atomic E-state index is -0.0744. The third kappa shape index (κ3) is 3.81. The van der Waals surface area contributed by atoms with Crippen molar-refractivity contribution in [2.45, 2.75) is 19.8 Å². The van der Waals surface area contributed by atoms with Crippen molar-refractivity contribution < 1.29 is 0 Å². The van der Waals surface area contributed by atoms with Gasteiger partial charge in [0.05, 0.1) is 17.6 Å². The molecule has 5 rings (SSSR count). The third-order valence-corrected chi connectivity index (χ3v) is 6.44. The molecule has 164 valence electrons. The Balaban J connectivity index is 1.41. The lowest BCUT2D eigenvalue weighted by atomic mass is 10.2. The molecule has 0 unspecified atom stereocenters. The molecule has 8 heteroatoms. The molecule has 0 amide bonds. The summed E-state index contributed by atoms with van der Waals surface area (Å²) < 4.78 is 5.98. The molecule has 1 fully saturated rings. The second-order valence-electron chi connectivity index (χ2n) is 8.16. The Morgan fingerprint density at radius 3 is 2.41 bits per heavy atom. The van der Waals surface area contributed by atoms with Crippen LogP contribution in [0.15, 0.2) is 72.0 Å². The summed E-state index contributed by atoms with van der Waals surface area (Å²) >= 11 is 5.81. The molecule has 0 bridgehead atoms. The van der Waals surface area contributed by atoms with Crippen LogP contribution >= 0.6 is 12.2 Å². The third-order valence-electron chi connectivity index (χ3n) is 6.04. The van der Waals surface area contributed by atoms with E-state index in [2.05, 4.69) is 46.7 Å². The Kier molecular flexibility index (Phi) is 5.73. The minimum absolute atomic E-state index is 0.0744. The summed E-state index contributed by atoms with van der Waals surface area (Å²) in [5, 5.41) is 5.39. The fourth-order valence-electron chi connectivity index (χ4n) is 4.37. The molecular weight excluding hydrogens is 420 g/mol. The second kappa shape index (κ2) is 8.82. The summed E-state index contributed by atoms with van der Waals surface area (Å²) in [4.78, 5) is 17.9. The van der Waals surface area contributed by atoms with Gasteiger partial charge in [0.25, 0.3) is 5.56 Å². The maximum Gasteiger partial charge on any atom is 0.263 e. The van der Waals surface area contributed by atoms with Gasteiger partial charge >= 0.3 is 0 Å². The van der Waals surface area contributed by atoms with Gasteiger partial charge in [-0.05, 0) is 29.9 Å². The van der Waals surface area contributed by atoms with Crippen LogP contribution in [0, 0.1) is 4.77 Å². The highest BCUT2D eigenvalue weighted by Gasteiger charge is 2.20. The van der Waals surface area contributed by atoms with Gasteiger partial charge < -0.3 is 0 Å². The van der Waals surface area contributed by atoms with Crippen LogP contribution in [-0.2, 0) is 19.8 Å². The van der Waals surface area contributed by atoms with Gasteiger partial charge in [-0.15, -0.1) is 11.7 Å². The van der Waals surface area contributed by atoms with Gasteiger partial charge in [0, 0.05) is 39.3 Å². The average molecular weight is 447 g/mol. The van der Waals surface area contributed by atoms with Crippen LogP contribution in [0.25, 0.3) is 16.7 Å². The van der Waals surface area contributed by atoms with Crippen LogP contribution in [0.5, 0.6) is 0 Å². The Morgan fingerprint density at radius 2 is 1.66 bits per heavy atom. The fraction of sp³-hybridized carbons (Fsp3) is 0.292. The zero-order valence-corrected chi connectivity index (χ0v) is 18.7. The SMILES string of the molecule is C=CCn1c(=O)c2ccccc2n2c(=S)n(CN3CCN(Cc4ccccc4)CC3)nc12. The quantitative estimate of drug-likeness (QED) is 0.336. The largest absolute Gasteiger partial charge is 0.297 e. The van der Waals surface area contributed by atoms with E-state index in [9.17, 15) is 4.79 Å². The van der Waals surface area contributed by atoms with Crippen LogP contribution < -0.4 is 5.56 Å². The van der Waals surface area contributed by atoms with Crippen molar-refractivity contribution in [3.63, 3.8) is 0 Å². The van der Waals surface area contributed by atoms with E-state index in [1.165, 1.54) is 5.56 Å². The molecule has 2 aromatic heterocycles. The molecule has 32 heavy (non-hydrogen) atoms. The molecule has 0 radical (unpaired) electrons. The average Bonchev–Trinajstić information content (AvgIpc) is 3.14. The Labute approximate surface area is 191 Å². The van der Waals surface area contributed by atoms with Gasteiger partial charge in [-0.2, -0.15) is 0 Å². The van der Waals surface area contributed by atoms with Crippen LogP contribution in [0.4, 0.5) is 0 Å². The van der Waals surface area contributed by atoms with Crippen LogP contribution in [0.1, 0.15) is 5.56 Å². The standard InChI is InChI=1S/C24H26N6OS/c1-2-12-28-22(31)20-10-6-7-11-21(20)30-23(28)25-29(24(30)32)18-27-15-13-26(14-16-27)17-19-8-4-3-5-9-19/h2-11H,1,12-18H2. The first-order valence-corrected chi connectivity index (χ1v) is 11.3. The Hall–Kier alpha value is -3.07. The Morgan fingerprint density at radius 1 is 0.969 bits per heavy atom. The van der Waals surface area contributed by atoms with Crippen molar-refractivity contribution in [2.75, 3.05) is 26.2 Å². The molecule has 1 saturated heterocycles. The molecule has 0 spiro atoms. The molecule has 0 saturated carbocycles. The normalized spacial score (nSPS) is 15.5. The fourth-order valence-corrected chi connectivity index (χ4v) is 4.65. The highest BCUT2D eigenvalue weighted by atomic mass is 32.1. The molecule has 0 N–H and O–H groups in total. The van der Waals surface area contributed by atoms with E-state index in [-0.39, 0.29) is 5.56 Å². The number of nitrogens with zero attached hydrogens (tertiary/aromatic N) is 6.